The fraction of sp³-hybridized carbons (Fsp3) is 0.760. The van der Waals surface area contributed by atoms with Gasteiger partial charge in [-0.1, -0.05) is 34.1 Å². The highest BCUT2D eigenvalue weighted by Gasteiger charge is 2.36. The van der Waals surface area contributed by atoms with Gasteiger partial charge in [0.15, 0.2) is 6.04 Å². The third-order valence-corrected chi connectivity index (χ3v) is 8.27. The zero-order valence-corrected chi connectivity index (χ0v) is 29.0. The van der Waals surface area contributed by atoms with E-state index in [1.165, 1.54) is 13.8 Å². The Kier molecular flexibility index (Phi) is 17.9. The zero-order chi connectivity index (χ0) is 37.7. The number of rotatable bonds is 21. The summed E-state index contributed by atoms with van der Waals surface area (Å²) in [5.41, 5.74) is 0. The van der Waals surface area contributed by atoms with Crippen LogP contribution in [0.3, 0.4) is 0 Å². The number of hydrogen-bond acceptors (Lipinski definition) is 12. The Hall–Kier alpha value is -3.04. The van der Waals surface area contributed by atoms with Gasteiger partial charge in [-0.3, -0.25) is 33.0 Å². The second-order valence-electron chi connectivity index (χ2n) is 11.5. The minimum atomic E-state index is -5.25. The number of carbonyl (C=O) groups is 6. The van der Waals surface area contributed by atoms with Crippen molar-refractivity contribution in [2.75, 3.05) is 26.4 Å². The molecule has 22 nitrogen and oxygen atoms in total. The molecule has 7 atom stereocenters. The number of hydrogen-bond donors (Lipinski definition) is 12. The van der Waals surface area contributed by atoms with Crippen LogP contribution in [0.2, 0.25) is 0 Å². The second-order valence-corrected chi connectivity index (χ2v) is 14.0. The molecular weight excluding hydrogens is 702 g/mol. The maximum atomic E-state index is 13.2. The number of carbonyl (C=O) groups excluding carboxylic acids is 5. The molecule has 1 rings (SSSR count). The topological polar surface area (TPSA) is 349 Å². The van der Waals surface area contributed by atoms with Gasteiger partial charge in [0.1, 0.15) is 24.2 Å². The number of phosphoric ester groups is 2. The van der Waals surface area contributed by atoms with Crippen molar-refractivity contribution in [3.63, 3.8) is 0 Å². The number of aliphatic hydroxyl groups excluding tert-OH is 1. The summed E-state index contributed by atoms with van der Waals surface area (Å²) in [7, 11) is -10.4. The van der Waals surface area contributed by atoms with E-state index in [4.69, 9.17) is 9.79 Å². The Morgan fingerprint density at radius 2 is 1.24 bits per heavy atom. The number of aliphatic carboxylic acids is 1. The van der Waals surface area contributed by atoms with E-state index in [2.05, 4.69) is 35.6 Å². The summed E-state index contributed by atoms with van der Waals surface area (Å²) in [6.45, 7) is 3.48. The van der Waals surface area contributed by atoms with Crippen LogP contribution in [0.15, 0.2) is 0 Å². The Morgan fingerprint density at radius 1 is 0.755 bits per heavy atom. The Bertz CT molecular complexity index is 1270. The fourth-order valence-electron chi connectivity index (χ4n) is 4.34. The number of carboxylic acid groups (broad SMARTS) is 1. The van der Waals surface area contributed by atoms with Gasteiger partial charge in [0.25, 0.3) is 0 Å². The van der Waals surface area contributed by atoms with E-state index >= 15 is 0 Å². The summed E-state index contributed by atoms with van der Waals surface area (Å²) >= 11 is 0. The zero-order valence-electron chi connectivity index (χ0n) is 27.2. The van der Waals surface area contributed by atoms with Crippen LogP contribution in [0.5, 0.6) is 0 Å². The summed E-state index contributed by atoms with van der Waals surface area (Å²) in [5.74, 6) is -7.98. The van der Waals surface area contributed by atoms with E-state index < -0.39 is 119 Å². The maximum Gasteiger partial charge on any atom is 0.469 e. The van der Waals surface area contributed by atoms with Crippen molar-refractivity contribution in [2.45, 2.75) is 83.2 Å². The highest BCUT2D eigenvalue weighted by Crippen LogP contribution is 2.36. The van der Waals surface area contributed by atoms with Crippen LogP contribution in [0.4, 0.5) is 0 Å². The highest BCUT2D eigenvalue weighted by atomic mass is 31.2. The van der Waals surface area contributed by atoms with Gasteiger partial charge in [-0.2, -0.15) is 0 Å². The van der Waals surface area contributed by atoms with Crippen LogP contribution in [-0.2, 0) is 46.9 Å². The van der Waals surface area contributed by atoms with Gasteiger partial charge in [0.05, 0.1) is 25.9 Å². The lowest BCUT2D eigenvalue weighted by molar-refractivity contribution is -0.143. The quantitative estimate of drug-likeness (QED) is 0.0500. The largest absolute Gasteiger partial charge is 0.480 e. The molecule has 0 aromatic rings. The van der Waals surface area contributed by atoms with E-state index in [-0.39, 0.29) is 0 Å². The molecule has 1 aliphatic heterocycles. The van der Waals surface area contributed by atoms with Gasteiger partial charge in [-0.05, 0) is 31.2 Å². The Labute approximate surface area is 281 Å². The lowest BCUT2D eigenvalue weighted by atomic mass is 9.97. The third-order valence-electron chi connectivity index (χ3n) is 7.30. The molecule has 0 bridgehead atoms. The van der Waals surface area contributed by atoms with Gasteiger partial charge in [-0.15, -0.1) is 0 Å². The lowest BCUT2D eigenvalue weighted by Gasteiger charge is -2.28. The molecule has 12 N–H and O–H groups in total. The first-order chi connectivity index (χ1) is 22.6. The Balaban J connectivity index is 3.15. The van der Waals surface area contributed by atoms with Gasteiger partial charge in [0.2, 0.25) is 29.5 Å². The number of phosphoric acid groups is 2. The van der Waals surface area contributed by atoms with Crippen LogP contribution in [0.1, 0.15) is 47.0 Å². The summed E-state index contributed by atoms with van der Waals surface area (Å²) in [6, 6.07) is -8.97. The van der Waals surface area contributed by atoms with Gasteiger partial charge in [-0.25, -0.2) is 13.9 Å². The predicted octanol–water partition coefficient (Wildman–Crippen LogP) is -3.84. The van der Waals surface area contributed by atoms with E-state index in [1.807, 2.05) is 5.32 Å². The van der Waals surface area contributed by atoms with E-state index in [0.717, 1.165) is 6.42 Å². The van der Waals surface area contributed by atoms with Crippen molar-refractivity contribution in [1.82, 2.24) is 31.9 Å². The van der Waals surface area contributed by atoms with Crippen molar-refractivity contribution < 1.29 is 76.7 Å². The first-order valence-electron chi connectivity index (χ1n) is 15.1. The first kappa shape index (κ1) is 44.0. The molecule has 0 aromatic heterocycles. The second kappa shape index (κ2) is 20.0. The summed E-state index contributed by atoms with van der Waals surface area (Å²) in [5, 5.41) is 33.3. The van der Waals surface area contributed by atoms with Gasteiger partial charge >= 0.3 is 21.6 Å². The predicted molar refractivity (Wildman–Crippen MR) is 166 cm³/mol. The lowest BCUT2D eigenvalue weighted by Crippen LogP contribution is -2.62. The molecule has 0 radical (unpaired) electrons. The standard InChI is InChI=1S/C25H46N6O16P2/c1-5-13(4)19(31-20(33)14-7-6-8-26-14)24(37)27-15(9-32)21(34)28-16(10-46-48(40,41)42)22(35)30-18(12(2)3)23(36)29-17(25(38)39)11-47-49(43,44)45/h12-19,26,32H,5-11H2,1-4H3,(H,27,37)(H,28,34)(H,29,36)(H,30,35)(H,31,33)(H,38,39)(H2,40,41,42)(H2,43,44,45)/t13-,14-,15-,16-,17-,18-,19-/m0/s1. The molecule has 0 spiro atoms. The molecule has 49 heavy (non-hydrogen) atoms. The fourth-order valence-corrected chi connectivity index (χ4v) is 5.03. The van der Waals surface area contributed by atoms with Crippen LogP contribution in [0, 0.1) is 11.8 Å². The molecule has 1 saturated heterocycles. The molecule has 1 heterocycles. The first-order valence-corrected chi connectivity index (χ1v) is 18.1. The molecule has 282 valence electrons. The van der Waals surface area contributed by atoms with Crippen molar-refractivity contribution in [1.29, 1.82) is 0 Å². The molecule has 1 aliphatic rings. The van der Waals surface area contributed by atoms with Crippen molar-refractivity contribution in [2.24, 2.45) is 11.8 Å². The smallest absolute Gasteiger partial charge is 0.469 e. The molecule has 24 heteroatoms. The minimum Gasteiger partial charge on any atom is -0.480 e. The molecule has 0 aliphatic carbocycles. The summed E-state index contributed by atoms with van der Waals surface area (Å²) < 4.78 is 30.9. The average Bonchev–Trinajstić information content (AvgIpc) is 3.54. The van der Waals surface area contributed by atoms with E-state index in [9.17, 15) is 57.9 Å². The number of amides is 5. The van der Waals surface area contributed by atoms with Crippen molar-refractivity contribution in [3.8, 4) is 0 Å². The number of carboxylic acids is 1. The molecular formula is C25H46N6O16P2. The highest BCUT2D eigenvalue weighted by molar-refractivity contribution is 7.46. The molecule has 0 unspecified atom stereocenters. The molecule has 1 fully saturated rings. The van der Waals surface area contributed by atoms with Crippen molar-refractivity contribution >= 4 is 51.2 Å². The van der Waals surface area contributed by atoms with Crippen LogP contribution in [-0.4, -0.2) is 128 Å². The molecule has 5 amide bonds. The van der Waals surface area contributed by atoms with E-state index in [1.54, 1.807) is 13.8 Å². The number of aliphatic hydroxyl groups is 1. The monoisotopic (exact) mass is 748 g/mol. The van der Waals surface area contributed by atoms with E-state index in [0.29, 0.717) is 19.4 Å². The normalized spacial score (nSPS) is 18.7. The van der Waals surface area contributed by atoms with Gasteiger partial charge < -0.3 is 61.7 Å². The van der Waals surface area contributed by atoms with Crippen LogP contribution < -0.4 is 31.9 Å². The van der Waals surface area contributed by atoms with Crippen molar-refractivity contribution in [3.05, 3.63) is 0 Å². The molecule has 0 saturated carbocycles. The summed E-state index contributed by atoms with van der Waals surface area (Å²) in [6.07, 6.45) is 1.74. The average molecular weight is 749 g/mol. The summed E-state index contributed by atoms with van der Waals surface area (Å²) in [4.78, 5) is 113. The van der Waals surface area contributed by atoms with Gasteiger partial charge in [0, 0.05) is 0 Å². The number of nitrogens with one attached hydrogen (secondary N) is 6. The maximum absolute atomic E-state index is 13.2. The van der Waals surface area contributed by atoms with Crippen LogP contribution in [0.25, 0.3) is 0 Å². The third kappa shape index (κ3) is 16.0. The minimum absolute atomic E-state index is 0.425. The Morgan fingerprint density at radius 3 is 1.69 bits per heavy atom. The van der Waals surface area contributed by atoms with Crippen LogP contribution >= 0.6 is 15.6 Å². The molecule has 0 aromatic carbocycles. The SMILES string of the molecule is CC[C@H](C)[C@H](NC(=O)[C@@H]1CCCN1)C(=O)N[C@@H](CO)C(=O)N[C@@H](COP(=O)(O)O)C(=O)N[C@H](C(=O)N[C@@H](COP(=O)(O)O)C(=O)O)C(C)C.